The first-order valence-corrected chi connectivity index (χ1v) is 7.15. The van der Waals surface area contributed by atoms with Crippen LogP contribution in [0.3, 0.4) is 0 Å². The summed E-state index contributed by atoms with van der Waals surface area (Å²) in [6.07, 6.45) is 4.66. The average molecular weight is 247 g/mol. The summed E-state index contributed by atoms with van der Waals surface area (Å²) in [7, 11) is 0. The number of pyridine rings is 1. The lowest BCUT2D eigenvalue weighted by molar-refractivity contribution is 0.569. The van der Waals surface area contributed by atoms with Crippen molar-refractivity contribution in [1.29, 1.82) is 0 Å². The maximum absolute atomic E-state index is 4.44. The van der Waals surface area contributed by atoms with Gasteiger partial charge in [-0.15, -0.1) is 0 Å². The van der Waals surface area contributed by atoms with E-state index in [9.17, 15) is 0 Å². The number of aryl methyl sites for hydroxylation is 1. The molecule has 1 saturated heterocycles. The van der Waals surface area contributed by atoms with Gasteiger partial charge in [0.25, 0.3) is 0 Å². The highest BCUT2D eigenvalue weighted by Crippen LogP contribution is 2.28. The molecule has 3 nitrogen and oxygen atoms in total. The maximum atomic E-state index is 4.44. The van der Waals surface area contributed by atoms with Crippen LogP contribution in [-0.4, -0.2) is 24.6 Å². The van der Waals surface area contributed by atoms with Gasteiger partial charge in [0.2, 0.25) is 0 Å². The quantitative estimate of drug-likeness (QED) is 0.867. The van der Waals surface area contributed by atoms with Gasteiger partial charge >= 0.3 is 0 Å². The fraction of sp³-hybridized carbons (Fsp3) is 0.667. The second-order valence-corrected chi connectivity index (χ2v) is 5.24. The zero-order valence-electron chi connectivity index (χ0n) is 11.9. The monoisotopic (exact) mass is 247 g/mol. The van der Waals surface area contributed by atoms with Gasteiger partial charge in [0.05, 0.1) is 0 Å². The zero-order chi connectivity index (χ0) is 13.0. The largest absolute Gasteiger partial charge is 0.371 e. The van der Waals surface area contributed by atoms with Gasteiger partial charge in [-0.2, -0.15) is 0 Å². The predicted octanol–water partition coefficient (Wildman–Crippen LogP) is 2.74. The van der Waals surface area contributed by atoms with E-state index in [2.05, 4.69) is 42.0 Å². The summed E-state index contributed by atoms with van der Waals surface area (Å²) in [5.41, 5.74) is 3.84. The number of anilines is 1. The van der Waals surface area contributed by atoms with E-state index >= 15 is 0 Å². The lowest BCUT2D eigenvalue weighted by Gasteiger charge is -2.22. The minimum atomic E-state index is 0.866. The third-order valence-corrected chi connectivity index (χ3v) is 3.87. The average Bonchev–Trinajstić information content (AvgIpc) is 2.86. The molecule has 2 heterocycles. The van der Waals surface area contributed by atoms with Crippen LogP contribution >= 0.6 is 0 Å². The number of nitrogens with one attached hydrogen (secondary N) is 1. The van der Waals surface area contributed by atoms with E-state index in [0.29, 0.717) is 0 Å². The number of rotatable bonds is 5. The fourth-order valence-electron chi connectivity index (χ4n) is 2.65. The van der Waals surface area contributed by atoms with Crippen LogP contribution in [0.2, 0.25) is 0 Å². The van der Waals surface area contributed by atoms with Crippen LogP contribution in [0.25, 0.3) is 0 Å². The molecule has 0 saturated carbocycles. The molecule has 1 aromatic rings. The molecule has 1 aliphatic rings. The second-order valence-electron chi connectivity index (χ2n) is 5.24. The molecule has 2 rings (SSSR count). The topological polar surface area (TPSA) is 28.2 Å². The molecular weight excluding hydrogens is 222 g/mol. The van der Waals surface area contributed by atoms with E-state index in [1.165, 1.54) is 37.2 Å². The lowest BCUT2D eigenvalue weighted by Crippen LogP contribution is -2.23. The van der Waals surface area contributed by atoms with Crippen molar-refractivity contribution < 1.29 is 0 Å². The zero-order valence-corrected chi connectivity index (χ0v) is 11.9. The Labute approximate surface area is 111 Å². The normalized spacial score (nSPS) is 19.5. The van der Waals surface area contributed by atoms with Gasteiger partial charge in [0.1, 0.15) is 0 Å². The highest BCUT2D eigenvalue weighted by atomic mass is 15.2. The summed E-state index contributed by atoms with van der Waals surface area (Å²) in [4.78, 5) is 6.97. The number of hydrogen-bond donors (Lipinski definition) is 1. The van der Waals surface area contributed by atoms with Crippen molar-refractivity contribution in [3.05, 3.63) is 23.5 Å². The molecular formula is C15H25N3. The van der Waals surface area contributed by atoms with E-state index in [1.807, 2.05) is 6.20 Å². The smallest absolute Gasteiger partial charge is 0.0445 e. The highest BCUT2D eigenvalue weighted by Gasteiger charge is 2.22. The van der Waals surface area contributed by atoms with Crippen LogP contribution in [0.1, 0.15) is 37.9 Å². The van der Waals surface area contributed by atoms with Crippen LogP contribution in [0.15, 0.2) is 12.3 Å². The van der Waals surface area contributed by atoms with Gasteiger partial charge in [-0.05, 0) is 31.9 Å². The van der Waals surface area contributed by atoms with Gasteiger partial charge in [-0.25, -0.2) is 0 Å². The van der Waals surface area contributed by atoms with Gasteiger partial charge in [0.15, 0.2) is 0 Å². The number of aromatic nitrogens is 1. The number of nitrogens with zero attached hydrogens (tertiary/aromatic N) is 2. The minimum Gasteiger partial charge on any atom is -0.371 e. The van der Waals surface area contributed by atoms with Gasteiger partial charge in [0, 0.05) is 42.8 Å². The molecule has 18 heavy (non-hydrogen) atoms. The molecule has 1 aliphatic heterocycles. The van der Waals surface area contributed by atoms with Gasteiger partial charge < -0.3 is 10.2 Å². The van der Waals surface area contributed by atoms with Crippen molar-refractivity contribution in [2.24, 2.45) is 5.92 Å². The van der Waals surface area contributed by atoms with E-state index in [0.717, 1.165) is 24.7 Å². The Morgan fingerprint density at radius 2 is 2.28 bits per heavy atom. The molecule has 0 aromatic carbocycles. The molecule has 0 amide bonds. The summed E-state index contributed by atoms with van der Waals surface area (Å²) in [5.74, 6) is 0.866. The van der Waals surface area contributed by atoms with Crippen molar-refractivity contribution in [3.8, 4) is 0 Å². The minimum absolute atomic E-state index is 0.866. The van der Waals surface area contributed by atoms with Crippen molar-refractivity contribution in [2.75, 3.05) is 24.5 Å². The molecule has 3 heteroatoms. The molecule has 0 aliphatic carbocycles. The Balaban J connectivity index is 2.16. The molecule has 1 atom stereocenters. The Morgan fingerprint density at radius 3 is 2.94 bits per heavy atom. The molecule has 1 N–H and O–H groups in total. The van der Waals surface area contributed by atoms with E-state index < -0.39 is 0 Å². The fourth-order valence-corrected chi connectivity index (χ4v) is 2.65. The molecule has 0 radical (unpaired) electrons. The number of hydrogen-bond acceptors (Lipinski definition) is 3. The summed E-state index contributed by atoms with van der Waals surface area (Å²) >= 11 is 0. The van der Waals surface area contributed by atoms with Crippen LogP contribution in [0.4, 0.5) is 5.69 Å². The van der Waals surface area contributed by atoms with Gasteiger partial charge in [-0.3, -0.25) is 4.98 Å². The SMILES string of the molecule is CCNCc1cnc(C)cc1N1CCC(CC)C1. The second kappa shape index (κ2) is 6.19. The van der Waals surface area contributed by atoms with E-state index in [-0.39, 0.29) is 0 Å². The summed E-state index contributed by atoms with van der Waals surface area (Å²) < 4.78 is 0. The summed E-state index contributed by atoms with van der Waals surface area (Å²) in [5, 5.41) is 3.41. The first kappa shape index (κ1) is 13.3. The maximum Gasteiger partial charge on any atom is 0.0445 e. The van der Waals surface area contributed by atoms with Crippen LogP contribution in [-0.2, 0) is 6.54 Å². The Bertz CT molecular complexity index is 389. The summed E-state index contributed by atoms with van der Waals surface area (Å²) in [6, 6.07) is 2.24. The van der Waals surface area contributed by atoms with Crippen molar-refractivity contribution >= 4 is 5.69 Å². The van der Waals surface area contributed by atoms with Gasteiger partial charge in [-0.1, -0.05) is 20.3 Å². The first-order valence-electron chi connectivity index (χ1n) is 7.15. The van der Waals surface area contributed by atoms with E-state index in [4.69, 9.17) is 0 Å². The molecule has 1 fully saturated rings. The molecule has 100 valence electrons. The third-order valence-electron chi connectivity index (χ3n) is 3.87. The van der Waals surface area contributed by atoms with Crippen LogP contribution in [0.5, 0.6) is 0 Å². The Hall–Kier alpha value is -1.09. The van der Waals surface area contributed by atoms with Crippen LogP contribution in [0, 0.1) is 12.8 Å². The first-order chi connectivity index (χ1) is 8.74. The molecule has 1 unspecified atom stereocenters. The summed E-state index contributed by atoms with van der Waals surface area (Å²) in [6.45, 7) is 10.8. The predicted molar refractivity (Wildman–Crippen MR) is 77.0 cm³/mol. The standard InChI is InChI=1S/C15H25N3/c1-4-13-6-7-18(11-13)15-8-12(3)17-10-14(15)9-16-5-2/h8,10,13,16H,4-7,9,11H2,1-3H3. The molecule has 0 bridgehead atoms. The Kier molecular flexibility index (Phi) is 4.59. The lowest BCUT2D eigenvalue weighted by atomic mass is 10.1. The Morgan fingerprint density at radius 1 is 1.44 bits per heavy atom. The van der Waals surface area contributed by atoms with E-state index in [1.54, 1.807) is 0 Å². The molecule has 0 spiro atoms. The van der Waals surface area contributed by atoms with Crippen molar-refractivity contribution in [3.63, 3.8) is 0 Å². The van der Waals surface area contributed by atoms with Crippen molar-refractivity contribution in [2.45, 2.75) is 40.2 Å². The third kappa shape index (κ3) is 3.02. The molecule has 1 aromatic heterocycles. The van der Waals surface area contributed by atoms with Crippen molar-refractivity contribution in [1.82, 2.24) is 10.3 Å². The highest BCUT2D eigenvalue weighted by molar-refractivity contribution is 5.54. The van der Waals surface area contributed by atoms with Crippen LogP contribution < -0.4 is 10.2 Å².